The average molecular weight is 391 g/mol. The normalized spacial score (nSPS) is 22.9. The number of likely N-dealkylation sites (tertiary alicyclic amines) is 1. The lowest BCUT2D eigenvalue weighted by molar-refractivity contribution is -0.134. The Hall–Kier alpha value is -1.53. The molecule has 0 bridgehead atoms. The Morgan fingerprint density at radius 1 is 1.23 bits per heavy atom. The molecule has 0 spiro atoms. The SMILES string of the molecule is O=C(CSc1nncn1-c1cccc(Cl)c1)N1CCC[C@H]2CCCC[C@@H]21. The zero-order valence-electron chi connectivity index (χ0n) is 14.7. The molecule has 1 aromatic carbocycles. The summed E-state index contributed by atoms with van der Waals surface area (Å²) in [5.41, 5.74) is 0.905. The van der Waals surface area contributed by atoms with Crippen molar-refractivity contribution >= 4 is 29.3 Å². The van der Waals surface area contributed by atoms with Gasteiger partial charge in [0.1, 0.15) is 6.33 Å². The average Bonchev–Trinajstić information content (AvgIpc) is 3.14. The summed E-state index contributed by atoms with van der Waals surface area (Å²) < 4.78 is 1.88. The van der Waals surface area contributed by atoms with Gasteiger partial charge in [-0.1, -0.05) is 42.3 Å². The van der Waals surface area contributed by atoms with Crippen LogP contribution >= 0.6 is 23.4 Å². The first-order valence-corrected chi connectivity index (χ1v) is 10.7. The van der Waals surface area contributed by atoms with Gasteiger partial charge in [0.2, 0.25) is 5.91 Å². The highest BCUT2D eigenvalue weighted by atomic mass is 35.5. The molecule has 7 heteroatoms. The number of fused-ring (bicyclic) bond motifs is 1. The second kappa shape index (κ2) is 8.01. The van der Waals surface area contributed by atoms with Crippen molar-refractivity contribution in [1.29, 1.82) is 0 Å². The van der Waals surface area contributed by atoms with Gasteiger partial charge in [-0.2, -0.15) is 0 Å². The summed E-state index contributed by atoms with van der Waals surface area (Å²) in [6.07, 6.45) is 9.10. The van der Waals surface area contributed by atoms with Crippen molar-refractivity contribution in [3.63, 3.8) is 0 Å². The lowest BCUT2D eigenvalue weighted by atomic mass is 9.78. The van der Waals surface area contributed by atoms with Crippen LogP contribution in [0.25, 0.3) is 5.69 Å². The van der Waals surface area contributed by atoms with Gasteiger partial charge in [0.05, 0.1) is 11.4 Å². The van der Waals surface area contributed by atoms with Gasteiger partial charge in [-0.15, -0.1) is 10.2 Å². The molecule has 4 rings (SSSR count). The van der Waals surface area contributed by atoms with Gasteiger partial charge < -0.3 is 4.90 Å². The van der Waals surface area contributed by atoms with Gasteiger partial charge in [-0.05, 0) is 49.8 Å². The predicted octanol–water partition coefficient (Wildman–Crippen LogP) is 4.19. The highest BCUT2D eigenvalue weighted by Gasteiger charge is 2.35. The summed E-state index contributed by atoms with van der Waals surface area (Å²) in [7, 11) is 0. The van der Waals surface area contributed by atoms with Gasteiger partial charge in [0.25, 0.3) is 0 Å². The number of benzene rings is 1. The molecule has 1 aliphatic carbocycles. The van der Waals surface area contributed by atoms with Crippen LogP contribution in [-0.2, 0) is 4.79 Å². The number of halogens is 1. The van der Waals surface area contributed by atoms with Crippen LogP contribution < -0.4 is 0 Å². The van der Waals surface area contributed by atoms with E-state index in [9.17, 15) is 4.79 Å². The maximum absolute atomic E-state index is 12.9. The summed E-state index contributed by atoms with van der Waals surface area (Å²) >= 11 is 7.54. The Morgan fingerprint density at radius 3 is 2.96 bits per heavy atom. The third-order valence-corrected chi connectivity index (χ3v) is 6.65. The Kier molecular flexibility index (Phi) is 5.50. The standard InChI is InChI=1S/C19H23ClN4OS/c20-15-7-3-8-16(11-15)24-13-21-22-19(24)26-12-18(25)23-10-4-6-14-5-1-2-9-17(14)23/h3,7-8,11,13-14,17H,1-2,4-6,9-10,12H2/t14-,17+/m1/s1. The van der Waals surface area contributed by atoms with Gasteiger partial charge in [0, 0.05) is 17.6 Å². The van der Waals surface area contributed by atoms with Crippen molar-refractivity contribution in [3.05, 3.63) is 35.6 Å². The minimum Gasteiger partial charge on any atom is -0.339 e. The molecule has 1 aromatic heterocycles. The number of amides is 1. The molecular formula is C19H23ClN4OS. The quantitative estimate of drug-likeness (QED) is 0.734. The molecule has 26 heavy (non-hydrogen) atoms. The molecule has 0 unspecified atom stereocenters. The third-order valence-electron chi connectivity index (χ3n) is 5.49. The van der Waals surface area contributed by atoms with Gasteiger partial charge >= 0.3 is 0 Å². The zero-order valence-corrected chi connectivity index (χ0v) is 16.3. The van der Waals surface area contributed by atoms with Crippen LogP contribution in [-0.4, -0.2) is 43.9 Å². The fourth-order valence-corrected chi connectivity index (χ4v) is 5.27. The first kappa shape index (κ1) is 17.9. The highest BCUT2D eigenvalue weighted by molar-refractivity contribution is 7.99. The largest absolute Gasteiger partial charge is 0.339 e. The molecule has 2 aromatic rings. The molecule has 138 valence electrons. The van der Waals surface area contributed by atoms with E-state index in [1.807, 2.05) is 28.8 Å². The maximum Gasteiger partial charge on any atom is 0.233 e. The van der Waals surface area contributed by atoms with E-state index in [1.54, 1.807) is 6.33 Å². The summed E-state index contributed by atoms with van der Waals surface area (Å²) in [6, 6.07) is 8.01. The first-order chi connectivity index (χ1) is 12.7. The molecule has 0 N–H and O–H groups in total. The molecule has 5 nitrogen and oxygen atoms in total. The van der Waals surface area contributed by atoms with Crippen molar-refractivity contribution in [2.45, 2.75) is 49.7 Å². The van der Waals surface area contributed by atoms with Crippen molar-refractivity contribution in [2.75, 3.05) is 12.3 Å². The summed E-state index contributed by atoms with van der Waals surface area (Å²) in [5, 5.41) is 9.58. The molecule has 2 heterocycles. The molecule has 2 fully saturated rings. The lowest BCUT2D eigenvalue weighted by Gasteiger charge is -2.44. The number of nitrogens with zero attached hydrogens (tertiary/aromatic N) is 4. The fourth-order valence-electron chi connectivity index (χ4n) is 4.27. The Balaban J connectivity index is 1.43. The Labute approximate surface area is 163 Å². The molecule has 2 aliphatic rings. The van der Waals surface area contributed by atoms with E-state index in [1.165, 1.54) is 43.9 Å². The Bertz CT molecular complexity index is 778. The third kappa shape index (κ3) is 3.76. The molecule has 0 radical (unpaired) electrons. The molecular weight excluding hydrogens is 368 g/mol. The number of rotatable bonds is 4. The number of piperidine rings is 1. The number of aromatic nitrogens is 3. The van der Waals surface area contributed by atoms with Crippen LogP contribution in [0.5, 0.6) is 0 Å². The predicted molar refractivity (Wildman–Crippen MR) is 104 cm³/mol. The summed E-state index contributed by atoms with van der Waals surface area (Å²) in [4.78, 5) is 15.0. The lowest BCUT2D eigenvalue weighted by Crippen LogP contribution is -2.50. The van der Waals surface area contributed by atoms with Crippen molar-refractivity contribution < 1.29 is 4.79 Å². The second-order valence-corrected chi connectivity index (χ2v) is 8.47. The molecule has 2 atom stereocenters. The van der Waals surface area contributed by atoms with Crippen LogP contribution in [0.15, 0.2) is 35.7 Å². The van der Waals surface area contributed by atoms with E-state index < -0.39 is 0 Å². The van der Waals surface area contributed by atoms with Crippen molar-refractivity contribution in [2.24, 2.45) is 5.92 Å². The van der Waals surface area contributed by atoms with E-state index in [4.69, 9.17) is 11.6 Å². The number of hydrogen-bond donors (Lipinski definition) is 0. The van der Waals surface area contributed by atoms with Crippen LogP contribution in [0.4, 0.5) is 0 Å². The van der Waals surface area contributed by atoms with Crippen LogP contribution in [0.1, 0.15) is 38.5 Å². The minimum absolute atomic E-state index is 0.229. The number of hydrogen-bond acceptors (Lipinski definition) is 4. The summed E-state index contributed by atoms with van der Waals surface area (Å²) in [5.74, 6) is 1.34. The van der Waals surface area contributed by atoms with Gasteiger partial charge in [0.15, 0.2) is 5.16 Å². The number of carbonyl (C=O) groups excluding carboxylic acids is 1. The van der Waals surface area contributed by atoms with Crippen LogP contribution in [0, 0.1) is 5.92 Å². The maximum atomic E-state index is 12.9. The molecule has 1 saturated carbocycles. The van der Waals surface area contributed by atoms with Crippen LogP contribution in [0.2, 0.25) is 5.02 Å². The van der Waals surface area contributed by atoms with E-state index in [0.717, 1.165) is 23.8 Å². The Morgan fingerprint density at radius 2 is 2.08 bits per heavy atom. The molecule has 1 saturated heterocycles. The molecule has 1 amide bonds. The van der Waals surface area contributed by atoms with Gasteiger partial charge in [-0.3, -0.25) is 9.36 Å². The van der Waals surface area contributed by atoms with E-state index in [2.05, 4.69) is 15.1 Å². The first-order valence-electron chi connectivity index (χ1n) is 9.30. The van der Waals surface area contributed by atoms with Crippen molar-refractivity contribution in [3.8, 4) is 5.69 Å². The van der Waals surface area contributed by atoms with Gasteiger partial charge in [-0.25, -0.2) is 0 Å². The minimum atomic E-state index is 0.229. The smallest absolute Gasteiger partial charge is 0.233 e. The number of carbonyl (C=O) groups is 1. The monoisotopic (exact) mass is 390 g/mol. The highest BCUT2D eigenvalue weighted by Crippen LogP contribution is 2.35. The van der Waals surface area contributed by atoms with Crippen LogP contribution in [0.3, 0.4) is 0 Å². The van der Waals surface area contributed by atoms with E-state index in [-0.39, 0.29) is 5.91 Å². The van der Waals surface area contributed by atoms with E-state index in [0.29, 0.717) is 22.7 Å². The topological polar surface area (TPSA) is 51.0 Å². The van der Waals surface area contributed by atoms with Crippen molar-refractivity contribution in [1.82, 2.24) is 19.7 Å². The zero-order chi connectivity index (χ0) is 17.9. The fraction of sp³-hybridized carbons (Fsp3) is 0.526. The second-order valence-electron chi connectivity index (χ2n) is 7.09. The van der Waals surface area contributed by atoms with E-state index >= 15 is 0 Å². The molecule has 1 aliphatic heterocycles. The summed E-state index contributed by atoms with van der Waals surface area (Å²) in [6.45, 7) is 0.904. The number of thioether (sulfide) groups is 1.